The lowest BCUT2D eigenvalue weighted by Gasteiger charge is -2.28. The van der Waals surface area contributed by atoms with E-state index in [4.69, 9.17) is 0 Å². The second kappa shape index (κ2) is 2.70. The van der Waals surface area contributed by atoms with Crippen molar-refractivity contribution in [1.29, 1.82) is 0 Å². The standard InChI is InChI=1S/C8H15FN/c1-10(2,7-3-6-9)8-4-5-8/h3,6,8H,4-5,7H2,1-2H3/q+1/b6-3+. The van der Waals surface area contributed by atoms with Crippen LogP contribution in [0.3, 0.4) is 0 Å². The van der Waals surface area contributed by atoms with Gasteiger partial charge in [0.25, 0.3) is 0 Å². The Hall–Kier alpha value is -0.370. The minimum absolute atomic E-state index is 0.641. The van der Waals surface area contributed by atoms with Gasteiger partial charge in [-0.25, -0.2) is 4.39 Å². The number of rotatable bonds is 3. The van der Waals surface area contributed by atoms with Crippen molar-refractivity contribution in [1.82, 2.24) is 0 Å². The summed E-state index contributed by atoms with van der Waals surface area (Å²) in [6.45, 7) is 0.821. The zero-order valence-corrected chi connectivity index (χ0v) is 6.68. The molecule has 1 rings (SSSR count). The van der Waals surface area contributed by atoms with Gasteiger partial charge in [0.2, 0.25) is 0 Å². The number of hydrogen-bond donors (Lipinski definition) is 0. The van der Waals surface area contributed by atoms with E-state index in [0.717, 1.165) is 17.1 Å². The predicted octanol–water partition coefficient (Wildman–Crippen LogP) is 1.71. The Morgan fingerprint density at radius 2 is 2.10 bits per heavy atom. The molecule has 1 nitrogen and oxygen atoms in total. The maximum atomic E-state index is 11.6. The Labute approximate surface area is 61.7 Å². The maximum Gasteiger partial charge on any atom is 0.0997 e. The van der Waals surface area contributed by atoms with Crippen molar-refractivity contribution in [2.45, 2.75) is 18.9 Å². The molecule has 58 valence electrons. The van der Waals surface area contributed by atoms with Crippen LogP contribution in [0.5, 0.6) is 0 Å². The normalized spacial score (nSPS) is 20.3. The molecule has 10 heavy (non-hydrogen) atoms. The summed E-state index contributed by atoms with van der Waals surface area (Å²) in [4.78, 5) is 0. The molecule has 0 aromatic rings. The van der Waals surface area contributed by atoms with Crippen LogP contribution in [0.2, 0.25) is 0 Å². The van der Waals surface area contributed by atoms with Crippen molar-refractivity contribution in [3.63, 3.8) is 0 Å². The van der Waals surface area contributed by atoms with Crippen LogP contribution in [0.1, 0.15) is 12.8 Å². The van der Waals surface area contributed by atoms with Gasteiger partial charge in [-0.2, -0.15) is 0 Å². The first-order valence-electron chi connectivity index (χ1n) is 3.75. The topological polar surface area (TPSA) is 0 Å². The van der Waals surface area contributed by atoms with Gasteiger partial charge in [-0.15, -0.1) is 0 Å². The highest BCUT2D eigenvalue weighted by atomic mass is 19.1. The van der Waals surface area contributed by atoms with Gasteiger partial charge < -0.3 is 4.48 Å². The van der Waals surface area contributed by atoms with Gasteiger partial charge in [0.1, 0.15) is 0 Å². The zero-order chi connectivity index (χ0) is 7.61. The van der Waals surface area contributed by atoms with E-state index < -0.39 is 0 Å². The van der Waals surface area contributed by atoms with E-state index in [-0.39, 0.29) is 0 Å². The molecule has 0 bridgehead atoms. The predicted molar refractivity (Wildman–Crippen MR) is 40.2 cm³/mol. The van der Waals surface area contributed by atoms with Crippen molar-refractivity contribution in [2.75, 3.05) is 20.6 Å². The highest BCUT2D eigenvalue weighted by molar-refractivity contribution is 4.78. The van der Waals surface area contributed by atoms with Crippen LogP contribution in [-0.4, -0.2) is 31.2 Å². The SMILES string of the molecule is C[N+](C)(C/C=C/F)C1CC1. The van der Waals surface area contributed by atoms with E-state index in [0.29, 0.717) is 6.33 Å². The number of quaternary nitrogens is 1. The molecule has 1 saturated carbocycles. The number of likely N-dealkylation sites (N-methyl/N-ethyl adjacent to an activating group) is 1. The lowest BCUT2D eigenvalue weighted by atomic mass is 10.4. The Kier molecular flexibility index (Phi) is 2.09. The summed E-state index contributed by atoms with van der Waals surface area (Å²) < 4.78 is 12.6. The summed E-state index contributed by atoms with van der Waals surface area (Å²) in [5.74, 6) is 0. The van der Waals surface area contributed by atoms with Crippen molar-refractivity contribution < 1.29 is 8.87 Å². The molecule has 2 heteroatoms. The molecule has 0 unspecified atom stereocenters. The lowest BCUT2D eigenvalue weighted by molar-refractivity contribution is -0.895. The molecule has 0 radical (unpaired) electrons. The Morgan fingerprint density at radius 1 is 1.50 bits per heavy atom. The monoisotopic (exact) mass is 144 g/mol. The van der Waals surface area contributed by atoms with E-state index in [9.17, 15) is 4.39 Å². The van der Waals surface area contributed by atoms with Crippen LogP contribution in [0.25, 0.3) is 0 Å². The summed E-state index contributed by atoms with van der Waals surface area (Å²) >= 11 is 0. The number of halogens is 1. The van der Waals surface area contributed by atoms with Crippen LogP contribution >= 0.6 is 0 Å². The fourth-order valence-corrected chi connectivity index (χ4v) is 1.23. The molecule has 0 amide bonds. The van der Waals surface area contributed by atoms with E-state index in [1.165, 1.54) is 12.8 Å². The van der Waals surface area contributed by atoms with Gasteiger partial charge in [0, 0.05) is 12.8 Å². The minimum Gasteiger partial charge on any atom is -0.323 e. The Morgan fingerprint density at radius 3 is 2.50 bits per heavy atom. The van der Waals surface area contributed by atoms with E-state index >= 15 is 0 Å². The van der Waals surface area contributed by atoms with Gasteiger partial charge >= 0.3 is 0 Å². The third-order valence-corrected chi connectivity index (χ3v) is 2.20. The van der Waals surface area contributed by atoms with Crippen LogP contribution in [0.15, 0.2) is 12.4 Å². The van der Waals surface area contributed by atoms with Gasteiger partial charge in [0.05, 0.1) is 33.0 Å². The van der Waals surface area contributed by atoms with Crippen LogP contribution in [-0.2, 0) is 0 Å². The first-order valence-corrected chi connectivity index (χ1v) is 3.75. The molecule has 0 atom stereocenters. The Bertz CT molecular complexity index is 136. The number of hydrogen-bond acceptors (Lipinski definition) is 0. The maximum absolute atomic E-state index is 11.6. The average Bonchev–Trinajstić information content (AvgIpc) is 2.64. The fourth-order valence-electron chi connectivity index (χ4n) is 1.23. The molecular formula is C8H15FN+. The first-order chi connectivity index (χ1) is 4.67. The van der Waals surface area contributed by atoms with E-state index in [1.54, 1.807) is 6.08 Å². The van der Waals surface area contributed by atoms with Gasteiger partial charge in [0.15, 0.2) is 0 Å². The summed E-state index contributed by atoms with van der Waals surface area (Å²) in [6.07, 6.45) is 4.86. The molecule has 0 spiro atoms. The first kappa shape index (κ1) is 7.73. The largest absolute Gasteiger partial charge is 0.323 e. The summed E-state index contributed by atoms with van der Waals surface area (Å²) in [5, 5.41) is 0. The van der Waals surface area contributed by atoms with E-state index in [1.807, 2.05) is 0 Å². The molecule has 0 aromatic carbocycles. The van der Waals surface area contributed by atoms with Crippen LogP contribution in [0, 0.1) is 0 Å². The van der Waals surface area contributed by atoms with Gasteiger partial charge in [-0.3, -0.25) is 0 Å². The third kappa shape index (κ3) is 1.81. The molecule has 1 fully saturated rings. The van der Waals surface area contributed by atoms with Crippen molar-refractivity contribution in [2.24, 2.45) is 0 Å². The summed E-state index contributed by atoms with van der Waals surface area (Å²) in [5.41, 5.74) is 0. The highest BCUT2D eigenvalue weighted by Gasteiger charge is 2.37. The molecule has 0 heterocycles. The van der Waals surface area contributed by atoms with E-state index in [2.05, 4.69) is 14.1 Å². The quantitative estimate of drug-likeness (QED) is 0.529. The molecule has 0 aromatic heterocycles. The third-order valence-electron chi connectivity index (χ3n) is 2.20. The number of nitrogens with zero attached hydrogens (tertiary/aromatic N) is 1. The van der Waals surface area contributed by atoms with Gasteiger partial charge in [-0.05, 0) is 6.08 Å². The fraction of sp³-hybridized carbons (Fsp3) is 0.750. The molecule has 1 aliphatic carbocycles. The molecule has 1 aliphatic rings. The molecule has 0 N–H and O–H groups in total. The van der Waals surface area contributed by atoms with Crippen molar-refractivity contribution in [3.05, 3.63) is 12.4 Å². The molecular weight excluding hydrogens is 129 g/mol. The zero-order valence-electron chi connectivity index (χ0n) is 6.68. The Balaban J connectivity index is 2.34. The second-order valence-corrected chi connectivity index (χ2v) is 3.55. The summed E-state index contributed by atoms with van der Waals surface area (Å²) in [7, 11) is 4.30. The van der Waals surface area contributed by atoms with Crippen LogP contribution in [0.4, 0.5) is 4.39 Å². The second-order valence-electron chi connectivity index (χ2n) is 3.55. The highest BCUT2D eigenvalue weighted by Crippen LogP contribution is 2.30. The minimum atomic E-state index is 0.641. The average molecular weight is 144 g/mol. The van der Waals surface area contributed by atoms with Crippen molar-refractivity contribution in [3.8, 4) is 0 Å². The van der Waals surface area contributed by atoms with Crippen LogP contribution < -0.4 is 0 Å². The lowest BCUT2D eigenvalue weighted by Crippen LogP contribution is -2.41. The summed E-state index contributed by atoms with van der Waals surface area (Å²) in [6, 6.07) is 0.788. The molecule has 0 saturated heterocycles. The van der Waals surface area contributed by atoms with Crippen molar-refractivity contribution >= 4 is 0 Å². The van der Waals surface area contributed by atoms with Gasteiger partial charge in [-0.1, -0.05) is 0 Å². The smallest absolute Gasteiger partial charge is 0.0997 e. The molecule has 0 aliphatic heterocycles.